The molecule has 0 aromatic heterocycles. The normalized spacial score (nSPS) is 9.15. The number of halogens is 1. The van der Waals surface area contributed by atoms with E-state index >= 15 is 0 Å². The summed E-state index contributed by atoms with van der Waals surface area (Å²) in [7, 11) is 0. The molecule has 0 atom stereocenters. The molecule has 1 N–H and O–H groups in total. The zero-order valence-corrected chi connectivity index (χ0v) is 8.44. The van der Waals surface area contributed by atoms with E-state index in [4.69, 9.17) is 11.6 Å². The minimum absolute atomic E-state index is 0.284. The first-order valence-electron chi connectivity index (χ1n) is 4.00. The molecule has 0 saturated carbocycles. The van der Waals surface area contributed by atoms with Crippen LogP contribution >= 0.6 is 11.6 Å². The molecule has 0 radical (unpaired) electrons. The van der Waals surface area contributed by atoms with Crippen LogP contribution in [-0.4, -0.2) is 11.0 Å². The largest absolute Gasteiger partial charge is 0.508 e. The summed E-state index contributed by atoms with van der Waals surface area (Å²) in [4.78, 5) is 0. The van der Waals surface area contributed by atoms with Gasteiger partial charge in [-0.05, 0) is 37.1 Å². The Morgan fingerprint density at radius 1 is 1.31 bits per heavy atom. The monoisotopic (exact) mass is 194 g/mol. The van der Waals surface area contributed by atoms with Crippen LogP contribution in [-0.2, 0) is 0 Å². The van der Waals surface area contributed by atoms with Gasteiger partial charge in [-0.15, -0.1) is 11.6 Å². The maximum Gasteiger partial charge on any atom is 0.116 e. The number of alkyl halides is 1. The van der Waals surface area contributed by atoms with E-state index in [2.05, 4.69) is 11.8 Å². The van der Waals surface area contributed by atoms with Crippen molar-refractivity contribution in [2.75, 3.05) is 5.88 Å². The third kappa shape index (κ3) is 2.40. The molecule has 0 heterocycles. The second-order valence-corrected chi connectivity index (χ2v) is 3.16. The van der Waals surface area contributed by atoms with Gasteiger partial charge in [0.15, 0.2) is 0 Å². The zero-order valence-electron chi connectivity index (χ0n) is 7.69. The second kappa shape index (κ2) is 4.20. The van der Waals surface area contributed by atoms with Crippen LogP contribution in [0.3, 0.4) is 0 Å². The molecule has 68 valence electrons. The highest BCUT2D eigenvalue weighted by atomic mass is 35.5. The van der Waals surface area contributed by atoms with Crippen LogP contribution in [0, 0.1) is 25.7 Å². The van der Waals surface area contributed by atoms with E-state index in [1.807, 2.05) is 13.8 Å². The van der Waals surface area contributed by atoms with Crippen molar-refractivity contribution in [1.82, 2.24) is 0 Å². The number of phenolic OH excluding ortho intramolecular Hbond substituents is 1. The van der Waals surface area contributed by atoms with E-state index in [1.54, 1.807) is 12.1 Å². The SMILES string of the molecule is Cc1cc(O)cc(C)c1C#CCCl. The number of hydrogen-bond donors (Lipinski definition) is 1. The van der Waals surface area contributed by atoms with Crippen LogP contribution in [0.2, 0.25) is 0 Å². The predicted molar refractivity (Wildman–Crippen MR) is 55.2 cm³/mol. The minimum atomic E-state index is 0.284. The van der Waals surface area contributed by atoms with Crippen LogP contribution in [0.1, 0.15) is 16.7 Å². The van der Waals surface area contributed by atoms with Gasteiger partial charge in [-0.25, -0.2) is 0 Å². The summed E-state index contributed by atoms with van der Waals surface area (Å²) in [5, 5.41) is 9.27. The van der Waals surface area contributed by atoms with Crippen LogP contribution in [0.15, 0.2) is 12.1 Å². The summed E-state index contributed by atoms with van der Waals surface area (Å²) in [5.74, 6) is 6.38. The molecule has 0 saturated heterocycles. The lowest BCUT2D eigenvalue weighted by molar-refractivity contribution is 0.474. The summed E-state index contributed by atoms with van der Waals surface area (Å²) in [6, 6.07) is 3.40. The van der Waals surface area contributed by atoms with Crippen molar-refractivity contribution in [3.05, 3.63) is 28.8 Å². The van der Waals surface area contributed by atoms with Gasteiger partial charge < -0.3 is 5.11 Å². The minimum Gasteiger partial charge on any atom is -0.508 e. The summed E-state index contributed by atoms with van der Waals surface area (Å²) < 4.78 is 0. The molecule has 0 unspecified atom stereocenters. The van der Waals surface area contributed by atoms with E-state index in [0.29, 0.717) is 5.88 Å². The molecule has 1 aromatic carbocycles. The topological polar surface area (TPSA) is 20.2 Å². The van der Waals surface area contributed by atoms with E-state index in [9.17, 15) is 5.11 Å². The average Bonchev–Trinajstić information content (AvgIpc) is 2.02. The molecule has 0 fully saturated rings. The fraction of sp³-hybridized carbons (Fsp3) is 0.273. The van der Waals surface area contributed by atoms with Gasteiger partial charge >= 0.3 is 0 Å². The maximum atomic E-state index is 9.27. The van der Waals surface area contributed by atoms with Crippen molar-refractivity contribution in [3.63, 3.8) is 0 Å². The van der Waals surface area contributed by atoms with Gasteiger partial charge in [-0.3, -0.25) is 0 Å². The lowest BCUT2D eigenvalue weighted by Crippen LogP contribution is -1.87. The van der Waals surface area contributed by atoms with Gasteiger partial charge in [-0.2, -0.15) is 0 Å². The lowest BCUT2D eigenvalue weighted by atomic mass is 10.0. The third-order valence-corrected chi connectivity index (χ3v) is 1.93. The Morgan fingerprint density at radius 3 is 2.31 bits per heavy atom. The molecular formula is C11H11ClO. The van der Waals surface area contributed by atoms with Gasteiger partial charge in [0, 0.05) is 5.56 Å². The first kappa shape index (κ1) is 9.95. The molecule has 0 aliphatic heterocycles. The van der Waals surface area contributed by atoms with Gasteiger partial charge in [0.2, 0.25) is 0 Å². The Labute approximate surface area is 83.4 Å². The Kier molecular flexibility index (Phi) is 3.22. The van der Waals surface area contributed by atoms with Crippen molar-refractivity contribution in [2.45, 2.75) is 13.8 Å². The smallest absolute Gasteiger partial charge is 0.116 e. The molecular weight excluding hydrogens is 184 g/mol. The van der Waals surface area contributed by atoms with Gasteiger partial charge in [-0.1, -0.05) is 11.8 Å². The Hall–Kier alpha value is -1.13. The first-order chi connectivity index (χ1) is 6.15. The van der Waals surface area contributed by atoms with Gasteiger partial charge in [0.05, 0.1) is 5.88 Å². The van der Waals surface area contributed by atoms with Crippen molar-refractivity contribution in [2.24, 2.45) is 0 Å². The molecule has 13 heavy (non-hydrogen) atoms. The van der Waals surface area contributed by atoms with E-state index in [1.165, 1.54) is 0 Å². The fourth-order valence-corrected chi connectivity index (χ4v) is 1.33. The average molecular weight is 195 g/mol. The number of hydrogen-bond acceptors (Lipinski definition) is 1. The van der Waals surface area contributed by atoms with Gasteiger partial charge in [0.25, 0.3) is 0 Å². The maximum absolute atomic E-state index is 9.27. The van der Waals surface area contributed by atoms with Crippen LogP contribution < -0.4 is 0 Å². The van der Waals surface area contributed by atoms with Gasteiger partial charge in [0.1, 0.15) is 5.75 Å². The Bertz CT molecular complexity index is 348. The van der Waals surface area contributed by atoms with Crippen LogP contribution in [0.5, 0.6) is 5.75 Å². The number of benzene rings is 1. The van der Waals surface area contributed by atoms with Crippen LogP contribution in [0.4, 0.5) is 0 Å². The first-order valence-corrected chi connectivity index (χ1v) is 4.53. The molecule has 0 aliphatic rings. The van der Waals surface area contributed by atoms with Crippen molar-refractivity contribution in [3.8, 4) is 17.6 Å². The van der Waals surface area contributed by atoms with E-state index in [0.717, 1.165) is 16.7 Å². The second-order valence-electron chi connectivity index (χ2n) is 2.89. The predicted octanol–water partition coefficient (Wildman–Crippen LogP) is 2.60. The van der Waals surface area contributed by atoms with Crippen molar-refractivity contribution < 1.29 is 5.11 Å². The molecule has 2 heteroatoms. The molecule has 1 rings (SSSR count). The highest BCUT2D eigenvalue weighted by molar-refractivity contribution is 6.19. The molecule has 1 aromatic rings. The highest BCUT2D eigenvalue weighted by Crippen LogP contribution is 2.19. The summed E-state index contributed by atoms with van der Waals surface area (Å²) in [6.45, 7) is 3.84. The summed E-state index contributed by atoms with van der Waals surface area (Å²) >= 11 is 5.46. The van der Waals surface area contributed by atoms with Crippen molar-refractivity contribution >= 4 is 11.6 Å². The third-order valence-electron chi connectivity index (χ3n) is 1.80. The molecule has 0 aliphatic carbocycles. The highest BCUT2D eigenvalue weighted by Gasteiger charge is 2.00. The van der Waals surface area contributed by atoms with Crippen LogP contribution in [0.25, 0.3) is 0 Å². The summed E-state index contributed by atoms with van der Waals surface area (Å²) in [6.07, 6.45) is 0. The number of phenols is 1. The molecule has 1 nitrogen and oxygen atoms in total. The van der Waals surface area contributed by atoms with E-state index in [-0.39, 0.29) is 5.75 Å². The number of aromatic hydroxyl groups is 1. The zero-order chi connectivity index (χ0) is 9.84. The quantitative estimate of drug-likeness (QED) is 0.497. The fourth-order valence-electron chi connectivity index (χ4n) is 1.26. The standard InChI is InChI=1S/C11H11ClO/c1-8-6-10(13)7-9(2)11(8)4-3-5-12/h6-7,13H,5H2,1-2H3. The van der Waals surface area contributed by atoms with Crippen molar-refractivity contribution in [1.29, 1.82) is 0 Å². The molecule has 0 bridgehead atoms. The summed E-state index contributed by atoms with van der Waals surface area (Å²) in [5.41, 5.74) is 2.92. The number of aryl methyl sites for hydroxylation is 2. The number of rotatable bonds is 0. The Morgan fingerprint density at radius 2 is 1.85 bits per heavy atom. The molecule has 0 amide bonds. The Balaban J connectivity index is 3.21. The lowest BCUT2D eigenvalue weighted by Gasteiger charge is -2.03. The molecule has 0 spiro atoms. The van der Waals surface area contributed by atoms with E-state index < -0.39 is 0 Å².